The van der Waals surface area contributed by atoms with Gasteiger partial charge in [-0.25, -0.2) is 0 Å². The van der Waals surface area contributed by atoms with E-state index in [0.29, 0.717) is 42.2 Å². The van der Waals surface area contributed by atoms with Crippen LogP contribution in [0.2, 0.25) is 0 Å². The van der Waals surface area contributed by atoms with Crippen LogP contribution in [-0.2, 0) is 17.8 Å². The number of hydrogen-bond acceptors (Lipinski definition) is 4. The second-order valence-corrected chi connectivity index (χ2v) is 8.03. The Morgan fingerprint density at radius 1 is 0.771 bits per heavy atom. The Hall–Kier alpha value is -4.38. The number of hydrogen-bond donors (Lipinski definition) is 1. The molecule has 0 heterocycles. The second-order valence-electron chi connectivity index (χ2n) is 8.03. The predicted molar refractivity (Wildman–Crippen MR) is 136 cm³/mol. The molecule has 1 atom stereocenters. The average molecular weight is 466 g/mol. The summed E-state index contributed by atoms with van der Waals surface area (Å²) in [5, 5.41) is 2.98. The molecule has 4 aromatic rings. The van der Waals surface area contributed by atoms with Crippen LogP contribution in [0, 0.1) is 0 Å². The van der Waals surface area contributed by atoms with Crippen LogP contribution in [0.3, 0.4) is 0 Å². The van der Waals surface area contributed by atoms with E-state index in [1.54, 1.807) is 18.2 Å². The van der Waals surface area contributed by atoms with Gasteiger partial charge in [-0.15, -0.1) is 0 Å². The van der Waals surface area contributed by atoms with Gasteiger partial charge in [-0.05, 0) is 35.7 Å². The van der Waals surface area contributed by atoms with E-state index < -0.39 is 6.10 Å². The molecule has 5 heteroatoms. The average Bonchev–Trinajstić information content (AvgIpc) is 2.92. The minimum atomic E-state index is -0.909. The number of amides is 1. The van der Waals surface area contributed by atoms with Gasteiger partial charge in [-0.1, -0.05) is 91.0 Å². The Morgan fingerprint density at radius 2 is 1.40 bits per heavy atom. The van der Waals surface area contributed by atoms with Gasteiger partial charge >= 0.3 is 0 Å². The summed E-state index contributed by atoms with van der Waals surface area (Å²) in [4.78, 5) is 24.7. The molecular weight excluding hydrogens is 438 g/mol. The van der Waals surface area contributed by atoms with Gasteiger partial charge in [0.2, 0.25) is 6.10 Å². The standard InChI is InChI=1S/C30H27NO4/c32-21-25-16-17-27(34-22-24-12-6-2-7-13-24)28(20-25)35-29(26-14-8-3-9-15-26)30(33)31-19-18-23-10-4-1-5-11-23/h1-17,20-21,29H,18-19,22H2,(H,31,33). The molecule has 0 radical (unpaired) electrons. The van der Waals surface area contributed by atoms with Crippen molar-refractivity contribution in [2.45, 2.75) is 19.1 Å². The van der Waals surface area contributed by atoms with E-state index in [2.05, 4.69) is 5.32 Å². The van der Waals surface area contributed by atoms with Crippen molar-refractivity contribution in [1.29, 1.82) is 0 Å². The molecule has 35 heavy (non-hydrogen) atoms. The number of rotatable bonds is 11. The quantitative estimate of drug-likeness (QED) is 0.295. The van der Waals surface area contributed by atoms with E-state index in [4.69, 9.17) is 9.47 Å². The molecule has 0 saturated heterocycles. The Morgan fingerprint density at radius 3 is 2.06 bits per heavy atom. The molecule has 1 amide bonds. The van der Waals surface area contributed by atoms with Gasteiger partial charge in [0, 0.05) is 17.7 Å². The highest BCUT2D eigenvalue weighted by Gasteiger charge is 2.24. The smallest absolute Gasteiger partial charge is 0.265 e. The molecule has 5 nitrogen and oxygen atoms in total. The zero-order chi connectivity index (χ0) is 24.3. The Kier molecular flexibility index (Phi) is 8.28. The highest BCUT2D eigenvalue weighted by molar-refractivity contribution is 5.83. The maximum Gasteiger partial charge on any atom is 0.265 e. The van der Waals surface area contributed by atoms with Crippen LogP contribution in [0.4, 0.5) is 0 Å². The molecule has 4 aromatic carbocycles. The van der Waals surface area contributed by atoms with Gasteiger partial charge in [-0.3, -0.25) is 9.59 Å². The molecule has 0 spiro atoms. The maximum atomic E-state index is 13.2. The van der Waals surface area contributed by atoms with Crippen LogP contribution in [-0.4, -0.2) is 18.7 Å². The van der Waals surface area contributed by atoms with Crippen LogP contribution < -0.4 is 14.8 Å². The molecule has 4 rings (SSSR count). The van der Waals surface area contributed by atoms with Gasteiger partial charge in [-0.2, -0.15) is 0 Å². The molecule has 0 saturated carbocycles. The zero-order valence-corrected chi connectivity index (χ0v) is 19.3. The van der Waals surface area contributed by atoms with Gasteiger partial charge < -0.3 is 14.8 Å². The third-order valence-corrected chi connectivity index (χ3v) is 5.48. The SMILES string of the molecule is O=Cc1ccc(OCc2ccccc2)c(OC(C(=O)NCCc2ccccc2)c2ccccc2)c1. The summed E-state index contributed by atoms with van der Waals surface area (Å²) in [6, 6.07) is 34.0. The fourth-order valence-electron chi connectivity index (χ4n) is 3.64. The predicted octanol–water partition coefficient (Wildman–Crippen LogP) is 5.56. The van der Waals surface area contributed by atoms with Crippen LogP contribution in [0.25, 0.3) is 0 Å². The number of nitrogens with one attached hydrogen (secondary N) is 1. The number of aldehydes is 1. The van der Waals surface area contributed by atoms with E-state index in [1.165, 1.54) is 0 Å². The molecule has 176 valence electrons. The topological polar surface area (TPSA) is 64.6 Å². The summed E-state index contributed by atoms with van der Waals surface area (Å²) in [6.45, 7) is 0.804. The van der Waals surface area contributed by atoms with E-state index in [0.717, 1.165) is 17.4 Å². The lowest BCUT2D eigenvalue weighted by atomic mass is 10.1. The molecule has 0 aliphatic heterocycles. The van der Waals surface area contributed by atoms with Crippen molar-refractivity contribution in [3.63, 3.8) is 0 Å². The van der Waals surface area contributed by atoms with E-state index in [-0.39, 0.29) is 5.91 Å². The number of carbonyl (C=O) groups is 2. The maximum absolute atomic E-state index is 13.2. The lowest BCUT2D eigenvalue weighted by Gasteiger charge is -2.21. The van der Waals surface area contributed by atoms with Gasteiger partial charge in [0.05, 0.1) is 0 Å². The molecule has 0 aliphatic rings. The Labute approximate surface area is 205 Å². The summed E-state index contributed by atoms with van der Waals surface area (Å²) in [6.07, 6.45) is 0.541. The molecule has 1 unspecified atom stereocenters. The first-order chi connectivity index (χ1) is 17.2. The lowest BCUT2D eigenvalue weighted by Crippen LogP contribution is -2.33. The first-order valence-corrected chi connectivity index (χ1v) is 11.5. The fourth-order valence-corrected chi connectivity index (χ4v) is 3.64. The third-order valence-electron chi connectivity index (χ3n) is 5.48. The first kappa shape index (κ1) is 23.8. The van der Waals surface area contributed by atoms with Gasteiger partial charge in [0.15, 0.2) is 11.5 Å². The van der Waals surface area contributed by atoms with E-state index in [9.17, 15) is 9.59 Å². The Bertz CT molecular complexity index is 1230. The molecule has 0 bridgehead atoms. The lowest BCUT2D eigenvalue weighted by molar-refractivity contribution is -0.128. The minimum Gasteiger partial charge on any atom is -0.485 e. The molecule has 0 aliphatic carbocycles. The van der Waals surface area contributed by atoms with Crippen molar-refractivity contribution in [3.05, 3.63) is 131 Å². The van der Waals surface area contributed by atoms with Crippen LogP contribution >= 0.6 is 0 Å². The molecule has 0 fully saturated rings. The van der Waals surface area contributed by atoms with Crippen molar-refractivity contribution >= 4 is 12.2 Å². The highest BCUT2D eigenvalue weighted by atomic mass is 16.5. The van der Waals surface area contributed by atoms with Crippen LogP contribution in [0.1, 0.15) is 33.2 Å². The number of ether oxygens (including phenoxy) is 2. The Balaban J connectivity index is 1.53. The van der Waals surface area contributed by atoms with Crippen molar-refractivity contribution in [2.24, 2.45) is 0 Å². The number of benzene rings is 4. The van der Waals surface area contributed by atoms with Crippen molar-refractivity contribution in [1.82, 2.24) is 5.32 Å². The second kappa shape index (κ2) is 12.2. The van der Waals surface area contributed by atoms with E-state index in [1.807, 2.05) is 91.0 Å². The zero-order valence-electron chi connectivity index (χ0n) is 19.3. The highest BCUT2D eigenvalue weighted by Crippen LogP contribution is 2.33. The van der Waals surface area contributed by atoms with E-state index >= 15 is 0 Å². The molecular formula is C30H27NO4. The molecule has 1 N–H and O–H groups in total. The minimum absolute atomic E-state index is 0.266. The number of carbonyl (C=O) groups excluding carboxylic acids is 2. The molecule has 0 aromatic heterocycles. The van der Waals surface area contributed by atoms with Crippen LogP contribution in [0.15, 0.2) is 109 Å². The summed E-state index contributed by atoms with van der Waals surface area (Å²) in [5.41, 5.74) is 3.27. The monoisotopic (exact) mass is 465 g/mol. The largest absolute Gasteiger partial charge is 0.485 e. The summed E-state index contributed by atoms with van der Waals surface area (Å²) in [7, 11) is 0. The van der Waals surface area contributed by atoms with Crippen LogP contribution in [0.5, 0.6) is 11.5 Å². The van der Waals surface area contributed by atoms with Crippen molar-refractivity contribution in [2.75, 3.05) is 6.54 Å². The van der Waals surface area contributed by atoms with Gasteiger partial charge in [0.25, 0.3) is 5.91 Å². The fraction of sp³-hybridized carbons (Fsp3) is 0.133. The third kappa shape index (κ3) is 6.81. The first-order valence-electron chi connectivity index (χ1n) is 11.5. The van der Waals surface area contributed by atoms with Crippen molar-refractivity contribution < 1.29 is 19.1 Å². The van der Waals surface area contributed by atoms with Crippen molar-refractivity contribution in [3.8, 4) is 11.5 Å². The van der Waals surface area contributed by atoms with Gasteiger partial charge in [0.1, 0.15) is 12.9 Å². The summed E-state index contributed by atoms with van der Waals surface area (Å²) < 4.78 is 12.2. The summed E-state index contributed by atoms with van der Waals surface area (Å²) in [5.74, 6) is 0.521. The summed E-state index contributed by atoms with van der Waals surface area (Å²) >= 11 is 0. The normalized spacial score (nSPS) is 11.3.